The van der Waals surface area contributed by atoms with Gasteiger partial charge in [-0.15, -0.1) is 10.2 Å². The first kappa shape index (κ1) is 12.0. The summed E-state index contributed by atoms with van der Waals surface area (Å²) in [4.78, 5) is 2.31. The highest BCUT2D eigenvalue weighted by Crippen LogP contribution is 2.21. The molecule has 0 aromatic carbocycles. The lowest BCUT2D eigenvalue weighted by Gasteiger charge is -2.18. The topological polar surface area (TPSA) is 59.5 Å². The fourth-order valence-electron chi connectivity index (χ4n) is 2.25. The van der Waals surface area contributed by atoms with Gasteiger partial charge < -0.3 is 9.32 Å². The van der Waals surface area contributed by atoms with Gasteiger partial charge in [-0.2, -0.15) is 5.10 Å². The van der Waals surface area contributed by atoms with E-state index in [9.17, 15) is 0 Å². The minimum atomic E-state index is 0.743. The van der Waals surface area contributed by atoms with Gasteiger partial charge in [-0.1, -0.05) is 12.8 Å². The predicted molar refractivity (Wildman–Crippen MR) is 72.4 cm³/mol. The van der Waals surface area contributed by atoms with Crippen LogP contribution in [0.3, 0.4) is 0 Å². The number of furan rings is 1. The Morgan fingerprint density at radius 3 is 2.53 bits per heavy atom. The van der Waals surface area contributed by atoms with Gasteiger partial charge in [-0.25, -0.2) is 4.68 Å². The van der Waals surface area contributed by atoms with Crippen molar-refractivity contribution in [3.05, 3.63) is 30.5 Å². The molecule has 1 aliphatic heterocycles. The first-order valence-electron chi connectivity index (χ1n) is 6.65. The monoisotopic (exact) mass is 259 g/mol. The number of rotatable bonds is 3. The molecule has 1 fully saturated rings. The van der Waals surface area contributed by atoms with Gasteiger partial charge in [-0.3, -0.25) is 0 Å². The van der Waals surface area contributed by atoms with Crippen molar-refractivity contribution in [3.63, 3.8) is 0 Å². The smallest absolute Gasteiger partial charge is 0.196 e. The second-order valence-electron chi connectivity index (χ2n) is 4.66. The Hall–Kier alpha value is -2.11. The van der Waals surface area contributed by atoms with E-state index in [2.05, 4.69) is 20.2 Å². The van der Waals surface area contributed by atoms with Gasteiger partial charge in [0.2, 0.25) is 0 Å². The molecule has 0 saturated carbocycles. The molecule has 2 aromatic heterocycles. The fraction of sp³-hybridized carbons (Fsp3) is 0.462. The summed E-state index contributed by atoms with van der Waals surface area (Å²) >= 11 is 0. The normalized spacial score (nSPS) is 16.9. The molecule has 0 unspecified atom stereocenters. The molecule has 0 amide bonds. The van der Waals surface area contributed by atoms with Crippen LogP contribution in [0, 0.1) is 0 Å². The molecule has 0 aliphatic carbocycles. The highest BCUT2D eigenvalue weighted by atomic mass is 16.4. The van der Waals surface area contributed by atoms with Gasteiger partial charge in [0.05, 0.1) is 6.21 Å². The van der Waals surface area contributed by atoms with Gasteiger partial charge in [0.25, 0.3) is 0 Å². The minimum Gasteiger partial charge on any atom is -0.440 e. The van der Waals surface area contributed by atoms with E-state index in [0.717, 1.165) is 24.7 Å². The van der Waals surface area contributed by atoms with Crippen molar-refractivity contribution in [1.29, 1.82) is 0 Å². The van der Waals surface area contributed by atoms with E-state index >= 15 is 0 Å². The Balaban J connectivity index is 1.68. The third-order valence-electron chi connectivity index (χ3n) is 3.26. The average molecular weight is 259 g/mol. The Morgan fingerprint density at radius 2 is 1.79 bits per heavy atom. The van der Waals surface area contributed by atoms with Crippen molar-refractivity contribution in [3.8, 4) is 0 Å². The van der Waals surface area contributed by atoms with Crippen LogP contribution in [0.5, 0.6) is 0 Å². The highest BCUT2D eigenvalue weighted by Gasteiger charge is 2.12. The van der Waals surface area contributed by atoms with Crippen molar-refractivity contribution in [2.24, 2.45) is 5.10 Å². The van der Waals surface area contributed by atoms with Crippen LogP contribution in [0.15, 0.2) is 34.3 Å². The second-order valence-corrected chi connectivity index (χ2v) is 4.66. The Morgan fingerprint density at radius 1 is 1.05 bits per heavy atom. The zero-order valence-electron chi connectivity index (χ0n) is 10.8. The Labute approximate surface area is 111 Å². The van der Waals surface area contributed by atoms with Crippen LogP contribution in [-0.4, -0.2) is 34.2 Å². The second kappa shape index (κ2) is 5.69. The lowest BCUT2D eigenvalue weighted by Crippen LogP contribution is -2.23. The van der Waals surface area contributed by atoms with Gasteiger partial charge >= 0.3 is 0 Å². The molecule has 0 bridgehead atoms. The molecule has 1 aliphatic rings. The van der Waals surface area contributed by atoms with Crippen LogP contribution in [-0.2, 0) is 0 Å². The maximum Gasteiger partial charge on any atom is 0.196 e. The molecule has 19 heavy (non-hydrogen) atoms. The summed E-state index contributed by atoms with van der Waals surface area (Å²) in [6.07, 6.45) is 9.86. The van der Waals surface area contributed by atoms with E-state index in [1.54, 1.807) is 6.21 Å². The number of nitrogens with zero attached hydrogens (tertiary/aromatic N) is 5. The predicted octanol–water partition coefficient (Wildman–Crippen LogP) is 2.13. The van der Waals surface area contributed by atoms with E-state index in [1.807, 2.05) is 12.1 Å². The van der Waals surface area contributed by atoms with E-state index in [0.29, 0.717) is 0 Å². The summed E-state index contributed by atoms with van der Waals surface area (Å²) < 4.78 is 7.34. The van der Waals surface area contributed by atoms with Crippen LogP contribution in [0.1, 0.15) is 31.4 Å². The molecule has 2 aromatic rings. The summed E-state index contributed by atoms with van der Waals surface area (Å²) in [6.45, 7) is 2.16. The summed E-state index contributed by atoms with van der Waals surface area (Å²) in [7, 11) is 0. The molecular weight excluding hydrogens is 242 g/mol. The number of hydrogen-bond donors (Lipinski definition) is 0. The van der Waals surface area contributed by atoms with Crippen molar-refractivity contribution in [2.45, 2.75) is 25.7 Å². The van der Waals surface area contributed by atoms with Crippen molar-refractivity contribution < 1.29 is 4.42 Å². The van der Waals surface area contributed by atoms with E-state index in [1.165, 1.54) is 43.0 Å². The van der Waals surface area contributed by atoms with Gasteiger partial charge in [0.15, 0.2) is 5.88 Å². The van der Waals surface area contributed by atoms with E-state index in [-0.39, 0.29) is 0 Å². The molecule has 100 valence electrons. The van der Waals surface area contributed by atoms with Gasteiger partial charge in [0, 0.05) is 19.2 Å². The van der Waals surface area contributed by atoms with Crippen LogP contribution in [0.2, 0.25) is 0 Å². The first-order valence-corrected chi connectivity index (χ1v) is 6.65. The largest absolute Gasteiger partial charge is 0.440 e. The molecule has 0 spiro atoms. The minimum absolute atomic E-state index is 0.743. The third kappa shape index (κ3) is 3.01. The van der Waals surface area contributed by atoms with Crippen LogP contribution in [0.25, 0.3) is 0 Å². The molecule has 0 radical (unpaired) electrons. The zero-order chi connectivity index (χ0) is 12.9. The maximum atomic E-state index is 5.80. The summed E-state index contributed by atoms with van der Waals surface area (Å²) in [5.41, 5.74) is 0. The highest BCUT2D eigenvalue weighted by molar-refractivity contribution is 5.76. The zero-order valence-corrected chi connectivity index (χ0v) is 10.8. The molecule has 0 N–H and O–H groups in total. The Kier molecular flexibility index (Phi) is 3.58. The fourth-order valence-corrected chi connectivity index (χ4v) is 2.25. The molecule has 0 atom stereocenters. The summed E-state index contributed by atoms with van der Waals surface area (Å²) in [5.74, 6) is 1.68. The lowest BCUT2D eigenvalue weighted by atomic mass is 10.2. The van der Waals surface area contributed by atoms with Crippen molar-refractivity contribution in [1.82, 2.24) is 14.9 Å². The van der Waals surface area contributed by atoms with Crippen molar-refractivity contribution in [2.75, 3.05) is 18.0 Å². The van der Waals surface area contributed by atoms with E-state index in [4.69, 9.17) is 4.42 Å². The molecular formula is C13H17N5O. The summed E-state index contributed by atoms with van der Waals surface area (Å²) in [5, 5.41) is 11.5. The molecule has 6 nitrogen and oxygen atoms in total. The van der Waals surface area contributed by atoms with Gasteiger partial charge in [0.1, 0.15) is 18.4 Å². The molecule has 6 heteroatoms. The molecule has 3 rings (SSSR count). The molecule has 3 heterocycles. The average Bonchev–Trinajstić information content (AvgIpc) is 3.03. The SMILES string of the molecule is C(=Nn1cnnc1)c1ccc(N2CCCCCC2)o1. The van der Waals surface area contributed by atoms with Crippen LogP contribution < -0.4 is 4.90 Å². The number of hydrogen-bond acceptors (Lipinski definition) is 5. The lowest BCUT2D eigenvalue weighted by molar-refractivity contribution is 0.538. The Bertz CT molecular complexity index is 523. The standard InChI is InChI=1S/C13H17N5O/c1-2-4-8-17(7-3-1)13-6-5-12(19-13)9-16-18-10-14-15-11-18/h5-6,9-11H,1-4,7-8H2. The quantitative estimate of drug-likeness (QED) is 0.792. The van der Waals surface area contributed by atoms with Gasteiger partial charge in [-0.05, 0) is 18.9 Å². The first-order chi connectivity index (χ1) is 9.42. The van der Waals surface area contributed by atoms with Crippen molar-refractivity contribution >= 4 is 12.1 Å². The van der Waals surface area contributed by atoms with Crippen LogP contribution >= 0.6 is 0 Å². The third-order valence-corrected chi connectivity index (χ3v) is 3.26. The maximum absolute atomic E-state index is 5.80. The molecule has 1 saturated heterocycles. The number of anilines is 1. The van der Waals surface area contributed by atoms with E-state index < -0.39 is 0 Å². The van der Waals surface area contributed by atoms with Crippen LogP contribution in [0.4, 0.5) is 5.88 Å². The summed E-state index contributed by atoms with van der Waals surface area (Å²) in [6, 6.07) is 3.95. The number of aromatic nitrogens is 3.